The van der Waals surface area contributed by atoms with Gasteiger partial charge in [-0.3, -0.25) is 0 Å². The van der Waals surface area contributed by atoms with Crippen LogP contribution in [0, 0.1) is 11.8 Å². The van der Waals surface area contributed by atoms with Gasteiger partial charge < -0.3 is 10.6 Å². The van der Waals surface area contributed by atoms with Crippen molar-refractivity contribution < 1.29 is 0 Å². The Labute approximate surface area is 88.8 Å². The smallest absolute Gasteiger partial charge is 0.00387 e. The van der Waals surface area contributed by atoms with Crippen molar-refractivity contribution in [2.75, 3.05) is 19.6 Å². The average molecular weight is 198 g/mol. The molecule has 2 N–H and O–H groups in total. The van der Waals surface area contributed by atoms with Crippen LogP contribution in [0.4, 0.5) is 0 Å². The van der Waals surface area contributed by atoms with Gasteiger partial charge in [0.15, 0.2) is 0 Å². The third-order valence-corrected chi connectivity index (χ3v) is 3.42. The molecule has 0 amide bonds. The van der Waals surface area contributed by atoms with Crippen molar-refractivity contribution in [1.29, 1.82) is 0 Å². The van der Waals surface area contributed by atoms with Crippen LogP contribution in [-0.2, 0) is 0 Å². The molecule has 1 heterocycles. The second-order valence-corrected chi connectivity index (χ2v) is 5.17. The van der Waals surface area contributed by atoms with Crippen LogP contribution >= 0.6 is 0 Å². The van der Waals surface area contributed by atoms with E-state index in [1.54, 1.807) is 0 Å². The van der Waals surface area contributed by atoms with Crippen LogP contribution in [-0.4, -0.2) is 30.6 Å². The zero-order chi connectivity index (χ0) is 10.6. The highest BCUT2D eigenvalue weighted by Gasteiger charge is 2.22. The van der Waals surface area contributed by atoms with Crippen LogP contribution in [0.15, 0.2) is 0 Å². The summed E-state index contributed by atoms with van der Waals surface area (Å²) in [5.41, 5.74) is 5.67. The molecule has 0 aromatic rings. The van der Waals surface area contributed by atoms with Gasteiger partial charge in [-0.15, -0.1) is 0 Å². The number of piperidine rings is 1. The molecule has 1 saturated heterocycles. The van der Waals surface area contributed by atoms with Crippen molar-refractivity contribution in [3.63, 3.8) is 0 Å². The third-order valence-electron chi connectivity index (χ3n) is 3.42. The van der Waals surface area contributed by atoms with Crippen LogP contribution in [0.1, 0.15) is 40.0 Å². The van der Waals surface area contributed by atoms with E-state index >= 15 is 0 Å². The molecule has 1 aliphatic heterocycles. The Hall–Kier alpha value is -0.0800. The molecule has 0 aliphatic carbocycles. The number of nitrogens with two attached hydrogens (primary N) is 1. The second-order valence-electron chi connectivity index (χ2n) is 5.17. The van der Waals surface area contributed by atoms with Crippen molar-refractivity contribution in [3.8, 4) is 0 Å². The molecule has 0 saturated carbocycles. The Morgan fingerprint density at radius 1 is 1.36 bits per heavy atom. The quantitative estimate of drug-likeness (QED) is 0.749. The molecule has 0 spiro atoms. The van der Waals surface area contributed by atoms with E-state index in [-0.39, 0.29) is 0 Å². The lowest BCUT2D eigenvalue weighted by Gasteiger charge is -2.36. The summed E-state index contributed by atoms with van der Waals surface area (Å²) in [5.74, 6) is 1.59. The topological polar surface area (TPSA) is 29.3 Å². The molecule has 2 heteroatoms. The summed E-state index contributed by atoms with van der Waals surface area (Å²) >= 11 is 0. The van der Waals surface area contributed by atoms with Crippen molar-refractivity contribution >= 4 is 0 Å². The van der Waals surface area contributed by atoms with Gasteiger partial charge in [0.1, 0.15) is 0 Å². The second kappa shape index (κ2) is 5.72. The van der Waals surface area contributed by atoms with Gasteiger partial charge in [0.25, 0.3) is 0 Å². The lowest BCUT2D eigenvalue weighted by atomic mass is 9.88. The Morgan fingerprint density at radius 2 is 2.07 bits per heavy atom. The summed E-state index contributed by atoms with van der Waals surface area (Å²) in [6.07, 6.45) is 4.10. The standard InChI is InChI=1S/C12H26N2/c1-10(2)14-6-4-5-12(9-14)7-11(3)8-13/h10-12H,4-9,13H2,1-3H3. The summed E-state index contributed by atoms with van der Waals surface area (Å²) in [5, 5.41) is 0. The minimum Gasteiger partial charge on any atom is -0.330 e. The fourth-order valence-corrected chi connectivity index (χ4v) is 2.42. The van der Waals surface area contributed by atoms with Gasteiger partial charge in [-0.05, 0) is 58.0 Å². The molecule has 0 radical (unpaired) electrons. The lowest BCUT2D eigenvalue weighted by Crippen LogP contribution is -2.40. The lowest BCUT2D eigenvalue weighted by molar-refractivity contribution is 0.127. The van der Waals surface area contributed by atoms with Gasteiger partial charge in [-0.25, -0.2) is 0 Å². The summed E-state index contributed by atoms with van der Waals surface area (Å²) in [7, 11) is 0. The zero-order valence-corrected chi connectivity index (χ0v) is 10.00. The molecule has 14 heavy (non-hydrogen) atoms. The molecule has 1 fully saturated rings. The highest BCUT2D eigenvalue weighted by molar-refractivity contribution is 4.76. The number of hydrogen-bond donors (Lipinski definition) is 1. The maximum Gasteiger partial charge on any atom is 0.00387 e. The Bertz CT molecular complexity index is 156. The van der Waals surface area contributed by atoms with Crippen LogP contribution in [0.2, 0.25) is 0 Å². The molecule has 0 aromatic carbocycles. The number of rotatable bonds is 4. The maximum absolute atomic E-state index is 5.67. The normalized spacial score (nSPS) is 26.8. The number of nitrogens with zero attached hydrogens (tertiary/aromatic N) is 1. The molecule has 0 aromatic heterocycles. The van der Waals surface area contributed by atoms with E-state index in [0.717, 1.165) is 12.5 Å². The van der Waals surface area contributed by atoms with E-state index in [4.69, 9.17) is 5.73 Å². The summed E-state index contributed by atoms with van der Waals surface area (Å²) in [4.78, 5) is 2.61. The Balaban J connectivity index is 2.32. The first-order valence-corrected chi connectivity index (χ1v) is 6.07. The average Bonchev–Trinajstić information content (AvgIpc) is 2.18. The molecule has 84 valence electrons. The fourth-order valence-electron chi connectivity index (χ4n) is 2.42. The molecular weight excluding hydrogens is 172 g/mol. The maximum atomic E-state index is 5.67. The molecule has 1 rings (SSSR count). The van der Waals surface area contributed by atoms with Crippen LogP contribution < -0.4 is 5.73 Å². The van der Waals surface area contributed by atoms with Gasteiger partial charge in [-0.2, -0.15) is 0 Å². The minimum atomic E-state index is 0.701. The van der Waals surface area contributed by atoms with Crippen molar-refractivity contribution in [3.05, 3.63) is 0 Å². The van der Waals surface area contributed by atoms with Crippen LogP contribution in [0.3, 0.4) is 0 Å². The van der Waals surface area contributed by atoms with Gasteiger partial charge in [0.2, 0.25) is 0 Å². The van der Waals surface area contributed by atoms with E-state index in [0.29, 0.717) is 12.0 Å². The predicted octanol–water partition coefficient (Wildman–Crippen LogP) is 2.09. The van der Waals surface area contributed by atoms with Gasteiger partial charge in [0, 0.05) is 12.6 Å². The summed E-state index contributed by atoms with van der Waals surface area (Å²) < 4.78 is 0. The van der Waals surface area contributed by atoms with E-state index < -0.39 is 0 Å². The fraction of sp³-hybridized carbons (Fsp3) is 1.00. The molecular formula is C12H26N2. The molecule has 2 unspecified atom stereocenters. The molecule has 0 bridgehead atoms. The minimum absolute atomic E-state index is 0.701. The number of likely N-dealkylation sites (tertiary alicyclic amines) is 1. The first-order chi connectivity index (χ1) is 6.63. The van der Waals surface area contributed by atoms with E-state index in [1.165, 1.54) is 32.4 Å². The molecule has 2 atom stereocenters. The van der Waals surface area contributed by atoms with E-state index in [2.05, 4.69) is 25.7 Å². The van der Waals surface area contributed by atoms with Gasteiger partial charge in [-0.1, -0.05) is 6.92 Å². The molecule has 1 aliphatic rings. The highest BCUT2D eigenvalue weighted by atomic mass is 15.2. The summed E-state index contributed by atoms with van der Waals surface area (Å²) in [6, 6.07) is 0.714. The monoisotopic (exact) mass is 198 g/mol. The first-order valence-electron chi connectivity index (χ1n) is 6.07. The first kappa shape index (κ1) is 12.0. The van der Waals surface area contributed by atoms with Crippen molar-refractivity contribution in [2.45, 2.75) is 46.1 Å². The number of hydrogen-bond acceptors (Lipinski definition) is 2. The molecule has 2 nitrogen and oxygen atoms in total. The Kier molecular flexibility index (Phi) is 4.90. The largest absolute Gasteiger partial charge is 0.330 e. The van der Waals surface area contributed by atoms with E-state index in [1.807, 2.05) is 0 Å². The van der Waals surface area contributed by atoms with Gasteiger partial charge in [0.05, 0.1) is 0 Å². The van der Waals surface area contributed by atoms with Crippen molar-refractivity contribution in [2.24, 2.45) is 17.6 Å². The van der Waals surface area contributed by atoms with Gasteiger partial charge >= 0.3 is 0 Å². The Morgan fingerprint density at radius 3 is 2.64 bits per heavy atom. The highest BCUT2D eigenvalue weighted by Crippen LogP contribution is 2.23. The summed E-state index contributed by atoms with van der Waals surface area (Å²) in [6.45, 7) is 10.3. The van der Waals surface area contributed by atoms with Crippen LogP contribution in [0.5, 0.6) is 0 Å². The van der Waals surface area contributed by atoms with E-state index in [9.17, 15) is 0 Å². The SMILES string of the molecule is CC(CN)CC1CCCN(C(C)C)C1. The van der Waals surface area contributed by atoms with Crippen molar-refractivity contribution in [1.82, 2.24) is 4.90 Å². The predicted molar refractivity (Wildman–Crippen MR) is 62.3 cm³/mol. The van der Waals surface area contributed by atoms with Crippen LogP contribution in [0.25, 0.3) is 0 Å². The zero-order valence-electron chi connectivity index (χ0n) is 10.00. The third kappa shape index (κ3) is 3.58.